The van der Waals surface area contributed by atoms with Gasteiger partial charge in [0.2, 0.25) is 5.95 Å². The Labute approximate surface area is 132 Å². The van der Waals surface area contributed by atoms with Gasteiger partial charge in [-0.05, 0) is 58.5 Å². The normalized spacial score (nSPS) is 23.0. The van der Waals surface area contributed by atoms with E-state index < -0.39 is 0 Å². The van der Waals surface area contributed by atoms with Gasteiger partial charge in [-0.2, -0.15) is 0 Å². The molecule has 1 aromatic rings. The number of aryl methyl sites for hydroxylation is 1. The number of ketones is 1. The Kier molecular flexibility index (Phi) is 4.71. The molecule has 0 bridgehead atoms. The molecule has 2 aliphatic rings. The van der Waals surface area contributed by atoms with Gasteiger partial charge >= 0.3 is 0 Å². The van der Waals surface area contributed by atoms with E-state index in [0.717, 1.165) is 24.7 Å². The zero-order valence-corrected chi connectivity index (χ0v) is 13.7. The Morgan fingerprint density at radius 1 is 1.27 bits per heavy atom. The van der Waals surface area contributed by atoms with Crippen molar-refractivity contribution in [1.82, 2.24) is 14.9 Å². The standard InChI is InChI=1S/C17H26N4O/c1-13-16(14(2)22)10-18-17(19-13)21-9-5-6-15(12-21)11-20-7-3-4-8-20/h10,15H,3-9,11-12H2,1-2H3. The van der Waals surface area contributed by atoms with Gasteiger partial charge in [0.05, 0.1) is 11.3 Å². The minimum absolute atomic E-state index is 0.0367. The van der Waals surface area contributed by atoms with Crippen LogP contribution in [0.15, 0.2) is 6.20 Å². The largest absolute Gasteiger partial charge is 0.340 e. The number of likely N-dealkylation sites (tertiary alicyclic amines) is 1. The van der Waals surface area contributed by atoms with Crippen LogP contribution in [0.3, 0.4) is 0 Å². The highest BCUT2D eigenvalue weighted by molar-refractivity contribution is 5.94. The Morgan fingerprint density at radius 3 is 2.73 bits per heavy atom. The van der Waals surface area contributed by atoms with Crippen molar-refractivity contribution in [2.24, 2.45) is 5.92 Å². The monoisotopic (exact) mass is 302 g/mol. The Bertz CT molecular complexity index is 539. The van der Waals surface area contributed by atoms with Gasteiger partial charge in [-0.25, -0.2) is 9.97 Å². The van der Waals surface area contributed by atoms with E-state index in [1.54, 1.807) is 13.1 Å². The van der Waals surface area contributed by atoms with Gasteiger partial charge in [0.15, 0.2) is 5.78 Å². The lowest BCUT2D eigenvalue weighted by molar-refractivity contribution is 0.101. The highest BCUT2D eigenvalue weighted by Gasteiger charge is 2.25. The highest BCUT2D eigenvalue weighted by Crippen LogP contribution is 2.23. The fraction of sp³-hybridized carbons (Fsp3) is 0.706. The zero-order valence-electron chi connectivity index (χ0n) is 13.7. The van der Waals surface area contributed by atoms with Crippen molar-refractivity contribution in [2.45, 2.75) is 39.5 Å². The third kappa shape index (κ3) is 3.46. The van der Waals surface area contributed by atoms with Crippen molar-refractivity contribution in [3.8, 4) is 0 Å². The van der Waals surface area contributed by atoms with Crippen LogP contribution in [0.4, 0.5) is 5.95 Å². The Balaban J connectivity index is 1.66. The lowest BCUT2D eigenvalue weighted by Gasteiger charge is -2.34. The number of hydrogen-bond donors (Lipinski definition) is 0. The first-order chi connectivity index (χ1) is 10.6. The van der Waals surface area contributed by atoms with Crippen LogP contribution in [0.5, 0.6) is 0 Å². The van der Waals surface area contributed by atoms with Crippen molar-refractivity contribution in [3.05, 3.63) is 17.5 Å². The predicted molar refractivity (Wildman–Crippen MR) is 87.4 cm³/mol. The fourth-order valence-electron chi connectivity index (χ4n) is 3.68. The summed E-state index contributed by atoms with van der Waals surface area (Å²) in [4.78, 5) is 25.4. The second-order valence-electron chi connectivity index (χ2n) is 6.69. The molecular formula is C17H26N4O. The van der Waals surface area contributed by atoms with Gasteiger partial charge in [-0.3, -0.25) is 4.79 Å². The average Bonchev–Trinajstić information content (AvgIpc) is 3.00. The van der Waals surface area contributed by atoms with E-state index in [1.165, 1.54) is 45.3 Å². The van der Waals surface area contributed by atoms with Crippen molar-refractivity contribution in [1.29, 1.82) is 0 Å². The predicted octanol–water partition coefficient (Wildman–Crippen LogP) is 2.30. The molecule has 1 aromatic heterocycles. The molecule has 2 saturated heterocycles. The van der Waals surface area contributed by atoms with E-state index in [0.29, 0.717) is 11.5 Å². The van der Waals surface area contributed by atoms with E-state index >= 15 is 0 Å². The van der Waals surface area contributed by atoms with Crippen molar-refractivity contribution >= 4 is 11.7 Å². The number of hydrogen-bond acceptors (Lipinski definition) is 5. The summed E-state index contributed by atoms with van der Waals surface area (Å²) in [6.45, 7) is 9.26. The first-order valence-corrected chi connectivity index (χ1v) is 8.45. The van der Waals surface area contributed by atoms with E-state index in [4.69, 9.17) is 0 Å². The molecule has 0 amide bonds. The SMILES string of the molecule is CC(=O)c1cnc(N2CCCC(CN3CCCC3)C2)nc1C. The quantitative estimate of drug-likeness (QED) is 0.799. The van der Waals surface area contributed by atoms with Crippen molar-refractivity contribution < 1.29 is 4.79 Å². The summed E-state index contributed by atoms with van der Waals surface area (Å²) >= 11 is 0. The maximum atomic E-state index is 11.5. The van der Waals surface area contributed by atoms with E-state index in [-0.39, 0.29) is 5.78 Å². The van der Waals surface area contributed by atoms with E-state index in [1.807, 2.05) is 6.92 Å². The number of carbonyl (C=O) groups excluding carboxylic acids is 1. The van der Waals surface area contributed by atoms with Gasteiger partial charge in [-0.1, -0.05) is 0 Å². The molecular weight excluding hydrogens is 276 g/mol. The lowest BCUT2D eigenvalue weighted by atomic mass is 9.98. The van der Waals surface area contributed by atoms with Crippen LogP contribution in [-0.4, -0.2) is 53.4 Å². The molecule has 2 aliphatic heterocycles. The van der Waals surface area contributed by atoms with Gasteiger partial charge < -0.3 is 9.80 Å². The van der Waals surface area contributed by atoms with Gasteiger partial charge in [0, 0.05) is 25.8 Å². The summed E-state index contributed by atoms with van der Waals surface area (Å²) < 4.78 is 0. The number of carbonyl (C=O) groups is 1. The zero-order chi connectivity index (χ0) is 15.5. The molecule has 1 unspecified atom stereocenters. The number of rotatable bonds is 4. The second-order valence-corrected chi connectivity index (χ2v) is 6.69. The molecule has 2 fully saturated rings. The molecule has 0 N–H and O–H groups in total. The van der Waals surface area contributed by atoms with Gasteiger partial charge in [0.25, 0.3) is 0 Å². The van der Waals surface area contributed by atoms with Crippen LogP contribution in [0, 0.1) is 12.8 Å². The van der Waals surface area contributed by atoms with Crippen LogP contribution >= 0.6 is 0 Å². The smallest absolute Gasteiger partial charge is 0.225 e. The second kappa shape index (κ2) is 6.73. The Hall–Kier alpha value is -1.49. The topological polar surface area (TPSA) is 49.3 Å². The molecule has 5 nitrogen and oxygen atoms in total. The maximum Gasteiger partial charge on any atom is 0.225 e. The van der Waals surface area contributed by atoms with Gasteiger partial charge in [-0.15, -0.1) is 0 Å². The molecule has 3 heterocycles. The number of aromatic nitrogens is 2. The minimum Gasteiger partial charge on any atom is -0.340 e. The fourth-order valence-corrected chi connectivity index (χ4v) is 3.68. The molecule has 0 spiro atoms. The van der Waals surface area contributed by atoms with Crippen LogP contribution in [0.1, 0.15) is 48.7 Å². The molecule has 5 heteroatoms. The molecule has 120 valence electrons. The average molecular weight is 302 g/mol. The lowest BCUT2D eigenvalue weighted by Crippen LogP contribution is -2.41. The summed E-state index contributed by atoms with van der Waals surface area (Å²) in [6, 6.07) is 0. The van der Waals surface area contributed by atoms with Crippen LogP contribution < -0.4 is 4.90 Å². The highest BCUT2D eigenvalue weighted by atomic mass is 16.1. The van der Waals surface area contributed by atoms with E-state index in [2.05, 4.69) is 19.8 Å². The molecule has 3 rings (SSSR count). The Morgan fingerprint density at radius 2 is 2.05 bits per heavy atom. The molecule has 0 aromatic carbocycles. The van der Waals surface area contributed by atoms with E-state index in [9.17, 15) is 4.79 Å². The van der Waals surface area contributed by atoms with Crippen LogP contribution in [0.2, 0.25) is 0 Å². The van der Waals surface area contributed by atoms with Gasteiger partial charge in [0.1, 0.15) is 0 Å². The summed E-state index contributed by atoms with van der Waals surface area (Å²) in [5, 5.41) is 0. The van der Waals surface area contributed by atoms with Crippen LogP contribution in [0.25, 0.3) is 0 Å². The number of nitrogens with zero attached hydrogens (tertiary/aromatic N) is 4. The first-order valence-electron chi connectivity index (χ1n) is 8.45. The third-order valence-electron chi connectivity index (χ3n) is 4.86. The summed E-state index contributed by atoms with van der Waals surface area (Å²) in [5.74, 6) is 1.53. The number of anilines is 1. The summed E-state index contributed by atoms with van der Waals surface area (Å²) in [7, 11) is 0. The minimum atomic E-state index is 0.0367. The molecule has 0 radical (unpaired) electrons. The van der Waals surface area contributed by atoms with Crippen molar-refractivity contribution in [3.63, 3.8) is 0 Å². The number of Topliss-reactive ketones (excluding diaryl/α,β-unsaturated/α-hetero) is 1. The third-order valence-corrected chi connectivity index (χ3v) is 4.86. The van der Waals surface area contributed by atoms with Crippen LogP contribution in [-0.2, 0) is 0 Å². The first kappa shape index (κ1) is 15.4. The molecule has 0 aliphatic carbocycles. The molecule has 0 saturated carbocycles. The molecule has 22 heavy (non-hydrogen) atoms. The maximum absolute atomic E-state index is 11.5. The van der Waals surface area contributed by atoms with Crippen molar-refractivity contribution in [2.75, 3.05) is 37.6 Å². The summed E-state index contributed by atoms with van der Waals surface area (Å²) in [5.41, 5.74) is 1.42. The summed E-state index contributed by atoms with van der Waals surface area (Å²) in [6.07, 6.45) is 6.90. The molecule has 1 atom stereocenters. The number of piperidine rings is 1.